The first-order valence-corrected chi connectivity index (χ1v) is 8.00. The highest BCUT2D eigenvalue weighted by atomic mass is 19.4. The van der Waals surface area contributed by atoms with Crippen LogP contribution in [0.3, 0.4) is 0 Å². The molecule has 0 unspecified atom stereocenters. The summed E-state index contributed by atoms with van der Waals surface area (Å²) < 4.78 is 49.5. The third kappa shape index (κ3) is 5.85. The first-order valence-electron chi connectivity index (χ1n) is 8.00. The van der Waals surface area contributed by atoms with Gasteiger partial charge in [0.1, 0.15) is 18.9 Å². The summed E-state index contributed by atoms with van der Waals surface area (Å²) in [5.41, 5.74) is -0.469. The van der Waals surface area contributed by atoms with Crippen LogP contribution in [0.2, 0.25) is 0 Å². The second-order valence-electron chi connectivity index (χ2n) is 5.77. The zero-order valence-electron chi connectivity index (χ0n) is 14.8. The lowest BCUT2D eigenvalue weighted by atomic mass is 10.2. The van der Waals surface area contributed by atoms with Crippen molar-refractivity contribution in [1.82, 2.24) is 4.57 Å². The Bertz CT molecular complexity index is 862. The van der Waals surface area contributed by atoms with Gasteiger partial charge in [-0.1, -0.05) is 6.07 Å². The van der Waals surface area contributed by atoms with Gasteiger partial charge < -0.3 is 19.4 Å². The molecule has 0 bridgehead atoms. The first-order chi connectivity index (χ1) is 12.7. The van der Waals surface area contributed by atoms with E-state index >= 15 is 0 Å². The van der Waals surface area contributed by atoms with E-state index in [0.717, 1.165) is 11.6 Å². The molecule has 27 heavy (non-hydrogen) atoms. The van der Waals surface area contributed by atoms with E-state index in [1.54, 1.807) is 18.2 Å². The second-order valence-corrected chi connectivity index (χ2v) is 5.77. The monoisotopic (exact) mass is 384 g/mol. The highest BCUT2D eigenvalue weighted by Crippen LogP contribution is 2.28. The van der Waals surface area contributed by atoms with E-state index in [4.69, 9.17) is 9.47 Å². The largest absolute Gasteiger partial charge is 0.489 e. The molecule has 146 valence electrons. The Morgan fingerprint density at radius 2 is 1.93 bits per heavy atom. The van der Waals surface area contributed by atoms with Crippen molar-refractivity contribution in [3.8, 4) is 5.75 Å². The van der Waals surface area contributed by atoms with Gasteiger partial charge in [0.15, 0.2) is 0 Å². The van der Waals surface area contributed by atoms with Crippen molar-refractivity contribution in [3.05, 3.63) is 58.0 Å². The van der Waals surface area contributed by atoms with Crippen LogP contribution in [0.5, 0.6) is 5.75 Å². The molecule has 1 amide bonds. The Hall–Kier alpha value is -2.81. The van der Waals surface area contributed by atoms with Gasteiger partial charge in [0.25, 0.3) is 5.56 Å². The summed E-state index contributed by atoms with van der Waals surface area (Å²) >= 11 is 0. The standard InChI is InChI=1S/C18H19F3N2O4/c1-12-3-5-14(15(9-12)27-8-7-26-2)22-16(24)11-23-10-13(18(19,20)21)4-6-17(23)25/h3-6,9-10H,7-8,11H2,1-2H3,(H,22,24). The van der Waals surface area contributed by atoms with E-state index in [9.17, 15) is 22.8 Å². The smallest absolute Gasteiger partial charge is 0.417 e. The number of ether oxygens (including phenoxy) is 2. The Morgan fingerprint density at radius 3 is 2.59 bits per heavy atom. The number of methoxy groups -OCH3 is 1. The number of nitrogens with one attached hydrogen (secondary N) is 1. The number of aryl methyl sites for hydroxylation is 1. The molecule has 0 radical (unpaired) electrons. The van der Waals surface area contributed by atoms with Crippen molar-refractivity contribution >= 4 is 11.6 Å². The predicted molar refractivity (Wildman–Crippen MR) is 92.9 cm³/mol. The van der Waals surface area contributed by atoms with E-state index in [1.807, 2.05) is 6.92 Å². The number of halogens is 3. The molecule has 0 aliphatic rings. The Labute approximate surface area is 153 Å². The van der Waals surface area contributed by atoms with Crippen LogP contribution in [-0.4, -0.2) is 30.8 Å². The fourth-order valence-corrected chi connectivity index (χ4v) is 2.25. The molecule has 0 aliphatic heterocycles. The molecule has 0 fully saturated rings. The van der Waals surface area contributed by atoms with E-state index in [1.165, 1.54) is 7.11 Å². The number of anilines is 1. The van der Waals surface area contributed by atoms with E-state index < -0.39 is 29.8 Å². The van der Waals surface area contributed by atoms with Crippen LogP contribution in [0, 0.1) is 6.92 Å². The summed E-state index contributed by atoms with van der Waals surface area (Å²) in [5, 5.41) is 2.55. The molecule has 0 saturated heterocycles. The maximum Gasteiger partial charge on any atom is 0.417 e. The fraction of sp³-hybridized carbons (Fsp3) is 0.333. The minimum Gasteiger partial charge on any atom is -0.489 e. The van der Waals surface area contributed by atoms with Crippen molar-refractivity contribution < 1.29 is 27.4 Å². The van der Waals surface area contributed by atoms with Crippen LogP contribution in [0.15, 0.2) is 41.3 Å². The average Bonchev–Trinajstić information content (AvgIpc) is 2.58. The number of aromatic nitrogens is 1. The molecular formula is C18H19F3N2O4. The molecule has 0 spiro atoms. The molecule has 6 nitrogen and oxygen atoms in total. The third-order valence-electron chi connectivity index (χ3n) is 3.58. The normalized spacial score (nSPS) is 11.3. The van der Waals surface area contributed by atoms with E-state index in [2.05, 4.69) is 5.32 Å². The number of benzene rings is 1. The molecular weight excluding hydrogens is 365 g/mol. The molecule has 1 heterocycles. The quantitative estimate of drug-likeness (QED) is 0.746. The molecule has 0 aliphatic carbocycles. The zero-order valence-corrected chi connectivity index (χ0v) is 14.8. The minimum atomic E-state index is -4.61. The summed E-state index contributed by atoms with van der Waals surface area (Å²) in [6.07, 6.45) is -3.99. The number of carbonyl (C=O) groups is 1. The van der Waals surface area contributed by atoms with Crippen LogP contribution >= 0.6 is 0 Å². The van der Waals surface area contributed by atoms with E-state index in [-0.39, 0.29) is 6.61 Å². The van der Waals surface area contributed by atoms with Gasteiger partial charge in [-0.05, 0) is 30.7 Å². The van der Waals surface area contributed by atoms with Crippen LogP contribution < -0.4 is 15.6 Å². The van der Waals surface area contributed by atoms with Gasteiger partial charge in [-0.25, -0.2) is 0 Å². The summed E-state index contributed by atoms with van der Waals surface area (Å²) in [4.78, 5) is 24.0. The Morgan fingerprint density at radius 1 is 1.19 bits per heavy atom. The Balaban J connectivity index is 2.15. The molecule has 1 aromatic carbocycles. The number of amides is 1. The highest BCUT2D eigenvalue weighted by Gasteiger charge is 2.31. The Kier molecular flexibility index (Phi) is 6.62. The van der Waals surface area contributed by atoms with E-state index in [0.29, 0.717) is 34.9 Å². The lowest BCUT2D eigenvalue weighted by molar-refractivity contribution is -0.138. The van der Waals surface area contributed by atoms with Crippen molar-refractivity contribution in [2.24, 2.45) is 0 Å². The van der Waals surface area contributed by atoms with Crippen LogP contribution in [0.25, 0.3) is 0 Å². The number of hydrogen-bond donors (Lipinski definition) is 1. The number of nitrogens with zero attached hydrogens (tertiary/aromatic N) is 1. The van der Waals surface area contributed by atoms with Gasteiger partial charge in [-0.3, -0.25) is 9.59 Å². The molecule has 2 rings (SSSR count). The number of hydrogen-bond acceptors (Lipinski definition) is 4. The fourth-order valence-electron chi connectivity index (χ4n) is 2.25. The van der Waals surface area contributed by atoms with Gasteiger partial charge in [0.2, 0.25) is 5.91 Å². The summed E-state index contributed by atoms with van der Waals surface area (Å²) in [6.45, 7) is 1.89. The molecule has 1 N–H and O–H groups in total. The minimum absolute atomic E-state index is 0.260. The van der Waals surface area contributed by atoms with Gasteiger partial charge in [-0.15, -0.1) is 0 Å². The summed E-state index contributed by atoms with van der Waals surface area (Å²) in [7, 11) is 1.52. The second kappa shape index (κ2) is 8.72. The van der Waals surface area contributed by atoms with Crippen molar-refractivity contribution in [2.45, 2.75) is 19.6 Å². The molecule has 9 heteroatoms. The number of alkyl halides is 3. The molecule has 0 saturated carbocycles. The average molecular weight is 384 g/mol. The lowest BCUT2D eigenvalue weighted by Crippen LogP contribution is -2.28. The maximum absolute atomic E-state index is 12.8. The first kappa shape index (κ1) is 20.5. The lowest BCUT2D eigenvalue weighted by Gasteiger charge is -2.14. The summed E-state index contributed by atoms with van der Waals surface area (Å²) in [6, 6.07) is 6.53. The molecule has 2 aromatic rings. The number of rotatable bonds is 7. The maximum atomic E-state index is 12.8. The predicted octanol–water partition coefficient (Wildman–Crippen LogP) is 2.84. The van der Waals surface area contributed by atoms with Gasteiger partial charge in [0.05, 0.1) is 17.9 Å². The van der Waals surface area contributed by atoms with Crippen LogP contribution in [-0.2, 0) is 22.3 Å². The van der Waals surface area contributed by atoms with Gasteiger partial charge in [-0.2, -0.15) is 13.2 Å². The molecule has 0 atom stereocenters. The third-order valence-corrected chi connectivity index (χ3v) is 3.58. The molecule has 1 aromatic heterocycles. The zero-order chi connectivity index (χ0) is 20.0. The highest BCUT2D eigenvalue weighted by molar-refractivity contribution is 5.92. The van der Waals surface area contributed by atoms with Crippen molar-refractivity contribution in [2.75, 3.05) is 25.6 Å². The topological polar surface area (TPSA) is 69.6 Å². The van der Waals surface area contributed by atoms with Crippen LogP contribution in [0.4, 0.5) is 18.9 Å². The van der Waals surface area contributed by atoms with Crippen LogP contribution in [0.1, 0.15) is 11.1 Å². The van der Waals surface area contributed by atoms with Gasteiger partial charge >= 0.3 is 6.18 Å². The summed E-state index contributed by atoms with van der Waals surface area (Å²) in [5.74, 6) is -0.256. The number of carbonyl (C=O) groups excluding carboxylic acids is 1. The number of pyridine rings is 1. The SMILES string of the molecule is COCCOc1cc(C)ccc1NC(=O)Cn1cc(C(F)(F)F)ccc1=O. The van der Waals surface area contributed by atoms with Crippen molar-refractivity contribution in [1.29, 1.82) is 0 Å². The van der Waals surface area contributed by atoms with Gasteiger partial charge in [0, 0.05) is 19.4 Å². The van der Waals surface area contributed by atoms with Crippen molar-refractivity contribution in [3.63, 3.8) is 0 Å².